The molecule has 1 amide bonds. The summed E-state index contributed by atoms with van der Waals surface area (Å²) in [5.41, 5.74) is 0.696. The fourth-order valence-electron chi connectivity index (χ4n) is 1.76. The van der Waals surface area contributed by atoms with E-state index in [1.54, 1.807) is 24.3 Å². The molecular formula is C14H19NO4S. The molecule has 0 fully saturated rings. The number of nitrogens with one attached hydrogen (secondary N) is 1. The number of carboxylic acid groups (broad SMARTS) is 1. The van der Waals surface area contributed by atoms with Gasteiger partial charge in [0.1, 0.15) is 6.04 Å². The topological polar surface area (TPSA) is 75.6 Å². The summed E-state index contributed by atoms with van der Waals surface area (Å²) in [6, 6.07) is 8.09. The molecule has 2 N–H and O–H groups in total. The summed E-state index contributed by atoms with van der Waals surface area (Å²) in [6.07, 6.45) is 1.48. The molecule has 0 radical (unpaired) electrons. The molecular weight excluding hydrogens is 278 g/mol. The van der Waals surface area contributed by atoms with Gasteiger partial charge in [0.25, 0.3) is 5.91 Å². The van der Waals surface area contributed by atoms with Gasteiger partial charge >= 0.3 is 5.97 Å². The van der Waals surface area contributed by atoms with Gasteiger partial charge in [-0.3, -0.25) is 4.79 Å². The number of ether oxygens (including phenoxy) is 1. The zero-order valence-electron chi connectivity index (χ0n) is 11.5. The van der Waals surface area contributed by atoms with Crippen LogP contribution in [-0.4, -0.2) is 42.1 Å². The molecule has 0 heterocycles. The maximum atomic E-state index is 12.1. The molecule has 0 aliphatic rings. The number of rotatable bonds is 8. The van der Waals surface area contributed by atoms with Crippen molar-refractivity contribution in [3.8, 4) is 0 Å². The summed E-state index contributed by atoms with van der Waals surface area (Å²) in [7, 11) is 1.43. The van der Waals surface area contributed by atoms with Crippen molar-refractivity contribution in [2.75, 3.05) is 19.1 Å². The Morgan fingerprint density at radius 1 is 1.35 bits per heavy atom. The molecule has 2 atom stereocenters. The molecule has 5 nitrogen and oxygen atoms in total. The third-order valence-corrected chi connectivity index (χ3v) is 3.45. The maximum Gasteiger partial charge on any atom is 0.326 e. The van der Waals surface area contributed by atoms with Gasteiger partial charge in [0.15, 0.2) is 6.10 Å². The van der Waals surface area contributed by atoms with Gasteiger partial charge in [-0.05, 0) is 24.0 Å². The second-order valence-corrected chi connectivity index (χ2v) is 5.19. The monoisotopic (exact) mass is 297 g/mol. The third kappa shape index (κ3) is 4.86. The number of amides is 1. The minimum Gasteiger partial charge on any atom is -0.480 e. The normalized spacial score (nSPS) is 13.5. The van der Waals surface area contributed by atoms with Gasteiger partial charge < -0.3 is 15.2 Å². The largest absolute Gasteiger partial charge is 0.480 e. The van der Waals surface area contributed by atoms with Crippen LogP contribution in [0.25, 0.3) is 0 Å². The van der Waals surface area contributed by atoms with Crippen LogP contribution in [0.15, 0.2) is 30.3 Å². The van der Waals surface area contributed by atoms with Crippen LogP contribution >= 0.6 is 11.8 Å². The first-order valence-electron chi connectivity index (χ1n) is 6.20. The molecule has 0 saturated carbocycles. The number of benzene rings is 1. The quantitative estimate of drug-likeness (QED) is 0.764. The highest BCUT2D eigenvalue weighted by Gasteiger charge is 2.25. The van der Waals surface area contributed by atoms with Crippen LogP contribution in [0.4, 0.5) is 0 Å². The molecule has 0 aliphatic heterocycles. The van der Waals surface area contributed by atoms with Crippen molar-refractivity contribution in [1.82, 2.24) is 5.32 Å². The number of carbonyl (C=O) groups excluding carboxylic acids is 1. The molecule has 1 aromatic carbocycles. The van der Waals surface area contributed by atoms with Crippen LogP contribution in [0.5, 0.6) is 0 Å². The molecule has 1 unspecified atom stereocenters. The van der Waals surface area contributed by atoms with Crippen molar-refractivity contribution in [3.63, 3.8) is 0 Å². The lowest BCUT2D eigenvalue weighted by Crippen LogP contribution is -2.43. The zero-order valence-corrected chi connectivity index (χ0v) is 12.4. The number of hydrogen-bond acceptors (Lipinski definition) is 4. The fourth-order valence-corrected chi connectivity index (χ4v) is 2.23. The Bertz CT molecular complexity index is 438. The molecule has 0 aliphatic carbocycles. The van der Waals surface area contributed by atoms with Gasteiger partial charge in [-0.25, -0.2) is 4.79 Å². The average molecular weight is 297 g/mol. The Morgan fingerprint density at radius 3 is 2.50 bits per heavy atom. The standard InChI is InChI=1S/C14H19NO4S/c1-19-12(10-6-4-3-5-7-10)13(16)15-11(14(17)18)8-9-20-2/h3-7,11-12H,8-9H2,1-2H3,(H,15,16)(H,17,18)/t11-,12?/m0/s1. The van der Waals surface area contributed by atoms with E-state index in [0.29, 0.717) is 17.7 Å². The Labute approximate surface area is 122 Å². The van der Waals surface area contributed by atoms with E-state index >= 15 is 0 Å². The van der Waals surface area contributed by atoms with Gasteiger partial charge in [0.05, 0.1) is 0 Å². The van der Waals surface area contributed by atoms with Crippen LogP contribution in [0.3, 0.4) is 0 Å². The summed E-state index contributed by atoms with van der Waals surface area (Å²) in [4.78, 5) is 23.3. The minimum absolute atomic E-state index is 0.382. The van der Waals surface area contributed by atoms with Crippen LogP contribution in [0.1, 0.15) is 18.1 Å². The van der Waals surface area contributed by atoms with Crippen LogP contribution in [0.2, 0.25) is 0 Å². The summed E-state index contributed by atoms with van der Waals surface area (Å²) in [5.74, 6) is -0.803. The van der Waals surface area contributed by atoms with E-state index in [1.807, 2.05) is 12.3 Å². The van der Waals surface area contributed by atoms with E-state index in [0.717, 1.165) is 0 Å². The molecule has 110 valence electrons. The molecule has 0 spiro atoms. The summed E-state index contributed by atoms with van der Waals surface area (Å²) in [6.45, 7) is 0. The van der Waals surface area contributed by atoms with Crippen molar-refractivity contribution in [3.05, 3.63) is 35.9 Å². The summed E-state index contributed by atoms with van der Waals surface area (Å²) >= 11 is 1.54. The van der Waals surface area contributed by atoms with Gasteiger partial charge in [-0.1, -0.05) is 30.3 Å². The smallest absolute Gasteiger partial charge is 0.326 e. The van der Waals surface area contributed by atoms with E-state index in [4.69, 9.17) is 9.84 Å². The summed E-state index contributed by atoms with van der Waals surface area (Å²) < 4.78 is 5.17. The van der Waals surface area contributed by atoms with E-state index in [2.05, 4.69) is 5.32 Å². The first-order chi connectivity index (χ1) is 9.60. The molecule has 0 bridgehead atoms. The van der Waals surface area contributed by atoms with E-state index in [9.17, 15) is 9.59 Å². The van der Waals surface area contributed by atoms with Crippen molar-refractivity contribution >= 4 is 23.6 Å². The highest BCUT2D eigenvalue weighted by atomic mass is 32.2. The Hall–Kier alpha value is -1.53. The van der Waals surface area contributed by atoms with Crippen LogP contribution in [-0.2, 0) is 14.3 Å². The average Bonchev–Trinajstić information content (AvgIpc) is 2.45. The first-order valence-corrected chi connectivity index (χ1v) is 7.59. The lowest BCUT2D eigenvalue weighted by molar-refractivity contribution is -0.144. The van der Waals surface area contributed by atoms with Gasteiger partial charge in [0, 0.05) is 7.11 Å². The van der Waals surface area contributed by atoms with Crippen molar-refractivity contribution in [2.45, 2.75) is 18.6 Å². The lowest BCUT2D eigenvalue weighted by atomic mass is 10.1. The first kappa shape index (κ1) is 16.5. The van der Waals surface area contributed by atoms with Gasteiger partial charge in [-0.15, -0.1) is 0 Å². The van der Waals surface area contributed by atoms with Crippen molar-refractivity contribution in [1.29, 1.82) is 0 Å². The van der Waals surface area contributed by atoms with E-state index in [-0.39, 0.29) is 0 Å². The second kappa shape index (κ2) is 8.60. The fraction of sp³-hybridized carbons (Fsp3) is 0.429. The zero-order chi connectivity index (χ0) is 15.0. The Kier molecular flexibility index (Phi) is 7.11. The molecule has 0 saturated heterocycles. The van der Waals surface area contributed by atoms with Gasteiger partial charge in [0.2, 0.25) is 0 Å². The predicted molar refractivity (Wildman–Crippen MR) is 78.8 cm³/mol. The maximum absolute atomic E-state index is 12.1. The molecule has 1 rings (SSSR count). The third-order valence-electron chi connectivity index (χ3n) is 2.80. The summed E-state index contributed by atoms with van der Waals surface area (Å²) in [5, 5.41) is 11.6. The van der Waals surface area contributed by atoms with Crippen LogP contribution in [0, 0.1) is 0 Å². The molecule has 20 heavy (non-hydrogen) atoms. The second-order valence-electron chi connectivity index (χ2n) is 4.21. The van der Waals surface area contributed by atoms with E-state index < -0.39 is 24.0 Å². The number of aliphatic carboxylic acids is 1. The number of hydrogen-bond donors (Lipinski definition) is 2. The van der Waals surface area contributed by atoms with Crippen molar-refractivity contribution < 1.29 is 19.4 Å². The van der Waals surface area contributed by atoms with Crippen LogP contribution < -0.4 is 5.32 Å². The highest BCUT2D eigenvalue weighted by Crippen LogP contribution is 2.16. The lowest BCUT2D eigenvalue weighted by Gasteiger charge is -2.19. The Morgan fingerprint density at radius 2 is 2.00 bits per heavy atom. The SMILES string of the molecule is COC(C(=O)N[C@@H](CCSC)C(=O)O)c1ccccc1. The Balaban J connectivity index is 2.73. The highest BCUT2D eigenvalue weighted by molar-refractivity contribution is 7.98. The number of carboxylic acids is 1. The number of carbonyl (C=O) groups is 2. The minimum atomic E-state index is -1.03. The molecule has 6 heteroatoms. The number of thioether (sulfide) groups is 1. The molecule has 0 aromatic heterocycles. The van der Waals surface area contributed by atoms with E-state index in [1.165, 1.54) is 18.9 Å². The number of methoxy groups -OCH3 is 1. The predicted octanol–water partition coefficient (Wildman–Crippen LogP) is 1.70. The van der Waals surface area contributed by atoms with Crippen molar-refractivity contribution in [2.24, 2.45) is 0 Å². The molecule has 1 aromatic rings. The van der Waals surface area contributed by atoms with Gasteiger partial charge in [-0.2, -0.15) is 11.8 Å².